The van der Waals surface area contributed by atoms with Gasteiger partial charge < -0.3 is 15.2 Å². The molecule has 116 valence electrons. The third kappa shape index (κ3) is 5.19. The number of carbonyl (C=O) groups is 1. The van der Waals surface area contributed by atoms with E-state index in [9.17, 15) is 14.3 Å². The highest BCUT2D eigenvalue weighted by molar-refractivity contribution is 5.91. The fraction of sp³-hybridized carbons (Fsp3) is 0.438. The van der Waals surface area contributed by atoms with Crippen LogP contribution in [0.2, 0.25) is 0 Å². The van der Waals surface area contributed by atoms with Crippen LogP contribution in [0.3, 0.4) is 0 Å². The number of methoxy groups -OCH3 is 1. The van der Waals surface area contributed by atoms with Crippen LogP contribution in [0.1, 0.15) is 32.3 Å². The number of halogens is 1. The standard InChI is InChI=1S/C16H22FNO3/c1-4-16(20,5-2)11-18-15(19)9-7-12-6-8-14(21-3)13(17)10-12/h6-10,20H,4-5,11H2,1-3H3,(H,18,19). The van der Waals surface area contributed by atoms with Crippen molar-refractivity contribution in [2.45, 2.75) is 32.3 Å². The minimum Gasteiger partial charge on any atom is -0.494 e. The summed E-state index contributed by atoms with van der Waals surface area (Å²) in [4.78, 5) is 11.7. The molecule has 0 fully saturated rings. The molecule has 0 saturated heterocycles. The molecule has 0 aliphatic heterocycles. The number of aliphatic hydroxyl groups is 1. The topological polar surface area (TPSA) is 58.6 Å². The Kier molecular flexibility index (Phi) is 6.37. The number of hydrogen-bond acceptors (Lipinski definition) is 3. The first-order valence-corrected chi connectivity index (χ1v) is 6.96. The monoisotopic (exact) mass is 295 g/mol. The van der Waals surface area contributed by atoms with Crippen molar-refractivity contribution in [3.63, 3.8) is 0 Å². The molecule has 0 heterocycles. The molecule has 21 heavy (non-hydrogen) atoms. The molecule has 0 unspecified atom stereocenters. The first kappa shape index (κ1) is 17.2. The van der Waals surface area contributed by atoms with Gasteiger partial charge in [0.25, 0.3) is 0 Å². The van der Waals surface area contributed by atoms with Crippen LogP contribution in [-0.2, 0) is 4.79 Å². The number of amides is 1. The van der Waals surface area contributed by atoms with Crippen LogP contribution >= 0.6 is 0 Å². The van der Waals surface area contributed by atoms with Crippen LogP contribution in [0, 0.1) is 5.82 Å². The van der Waals surface area contributed by atoms with E-state index >= 15 is 0 Å². The van der Waals surface area contributed by atoms with Crippen molar-refractivity contribution in [3.8, 4) is 5.75 Å². The van der Waals surface area contributed by atoms with Gasteiger partial charge in [0.2, 0.25) is 5.91 Å². The van der Waals surface area contributed by atoms with Gasteiger partial charge in [-0.3, -0.25) is 4.79 Å². The molecule has 0 aliphatic rings. The van der Waals surface area contributed by atoms with E-state index in [1.165, 1.54) is 31.4 Å². The molecule has 1 amide bonds. The third-order valence-corrected chi connectivity index (χ3v) is 3.51. The van der Waals surface area contributed by atoms with Crippen LogP contribution in [0.15, 0.2) is 24.3 Å². The van der Waals surface area contributed by atoms with Crippen molar-refractivity contribution in [1.29, 1.82) is 0 Å². The van der Waals surface area contributed by atoms with Crippen molar-refractivity contribution >= 4 is 12.0 Å². The zero-order valence-electron chi connectivity index (χ0n) is 12.6. The summed E-state index contributed by atoms with van der Waals surface area (Å²) >= 11 is 0. The summed E-state index contributed by atoms with van der Waals surface area (Å²) in [5, 5.41) is 12.7. The van der Waals surface area contributed by atoms with Gasteiger partial charge >= 0.3 is 0 Å². The van der Waals surface area contributed by atoms with Gasteiger partial charge in [0.1, 0.15) is 0 Å². The molecule has 5 heteroatoms. The van der Waals surface area contributed by atoms with Gasteiger partial charge in [0.15, 0.2) is 11.6 Å². The SMILES string of the molecule is CCC(O)(CC)CNC(=O)C=Cc1ccc(OC)c(F)c1. The maximum Gasteiger partial charge on any atom is 0.244 e. The zero-order valence-corrected chi connectivity index (χ0v) is 12.6. The summed E-state index contributed by atoms with van der Waals surface area (Å²) in [5.41, 5.74) is -0.319. The summed E-state index contributed by atoms with van der Waals surface area (Å²) in [5.74, 6) is -0.648. The average Bonchev–Trinajstić information content (AvgIpc) is 2.50. The van der Waals surface area contributed by atoms with Gasteiger partial charge in [-0.05, 0) is 36.6 Å². The second-order valence-electron chi connectivity index (χ2n) is 4.88. The first-order valence-electron chi connectivity index (χ1n) is 6.96. The Balaban J connectivity index is 2.60. The molecule has 4 nitrogen and oxygen atoms in total. The van der Waals surface area contributed by atoms with E-state index in [1.807, 2.05) is 13.8 Å². The number of hydrogen-bond donors (Lipinski definition) is 2. The summed E-state index contributed by atoms with van der Waals surface area (Å²) in [6.45, 7) is 3.93. The van der Waals surface area contributed by atoms with Gasteiger partial charge in [-0.25, -0.2) is 4.39 Å². The van der Waals surface area contributed by atoms with Gasteiger partial charge in [-0.15, -0.1) is 0 Å². The Hall–Kier alpha value is -1.88. The Bertz CT molecular complexity index is 510. The second kappa shape index (κ2) is 7.78. The molecule has 1 aromatic carbocycles. The highest BCUT2D eigenvalue weighted by Gasteiger charge is 2.22. The van der Waals surface area contributed by atoms with E-state index in [-0.39, 0.29) is 18.2 Å². The molecular weight excluding hydrogens is 273 g/mol. The lowest BCUT2D eigenvalue weighted by atomic mass is 9.98. The maximum absolute atomic E-state index is 13.5. The van der Waals surface area contributed by atoms with E-state index in [0.29, 0.717) is 18.4 Å². The lowest BCUT2D eigenvalue weighted by Crippen LogP contribution is -2.41. The molecule has 1 rings (SSSR count). The number of nitrogens with one attached hydrogen (secondary N) is 1. The van der Waals surface area contributed by atoms with Crippen LogP contribution < -0.4 is 10.1 Å². The molecule has 0 radical (unpaired) electrons. The Morgan fingerprint density at radius 2 is 2.10 bits per heavy atom. The molecule has 0 spiro atoms. The molecule has 0 saturated carbocycles. The Labute approximate surface area is 124 Å². The van der Waals surface area contributed by atoms with E-state index in [0.717, 1.165) is 0 Å². The molecule has 2 N–H and O–H groups in total. The predicted molar refractivity (Wildman–Crippen MR) is 80.5 cm³/mol. The van der Waals surface area contributed by atoms with Gasteiger partial charge in [-0.2, -0.15) is 0 Å². The maximum atomic E-state index is 13.5. The summed E-state index contributed by atoms with van der Waals surface area (Å²) in [6.07, 6.45) is 3.95. The van der Waals surface area contributed by atoms with Crippen molar-refractivity contribution in [2.24, 2.45) is 0 Å². The molecular formula is C16H22FNO3. The Morgan fingerprint density at radius 3 is 2.62 bits per heavy atom. The number of carbonyl (C=O) groups excluding carboxylic acids is 1. The fourth-order valence-corrected chi connectivity index (χ4v) is 1.77. The van der Waals surface area contributed by atoms with Crippen molar-refractivity contribution < 1.29 is 19.0 Å². The molecule has 0 atom stereocenters. The van der Waals surface area contributed by atoms with Crippen LogP contribution in [0.4, 0.5) is 4.39 Å². The van der Waals surface area contributed by atoms with Crippen LogP contribution in [0.5, 0.6) is 5.75 Å². The number of rotatable bonds is 7. The van der Waals surface area contributed by atoms with Crippen molar-refractivity contribution in [1.82, 2.24) is 5.32 Å². The quantitative estimate of drug-likeness (QED) is 0.760. The number of ether oxygens (including phenoxy) is 1. The summed E-state index contributed by atoms with van der Waals surface area (Å²) in [7, 11) is 1.39. The Morgan fingerprint density at radius 1 is 1.43 bits per heavy atom. The molecule has 1 aromatic rings. The van der Waals surface area contributed by atoms with Gasteiger partial charge in [0.05, 0.1) is 12.7 Å². The predicted octanol–water partition coefficient (Wildman–Crippen LogP) is 2.51. The van der Waals surface area contributed by atoms with Crippen LogP contribution in [-0.4, -0.2) is 30.3 Å². The molecule has 0 aliphatic carbocycles. The minimum absolute atomic E-state index is 0.160. The van der Waals surface area contributed by atoms with E-state index in [1.54, 1.807) is 6.07 Å². The highest BCUT2D eigenvalue weighted by Crippen LogP contribution is 2.18. The smallest absolute Gasteiger partial charge is 0.244 e. The van der Waals surface area contributed by atoms with Gasteiger partial charge in [0, 0.05) is 12.6 Å². The normalized spacial score (nSPS) is 11.7. The fourth-order valence-electron chi connectivity index (χ4n) is 1.77. The number of benzene rings is 1. The summed E-state index contributed by atoms with van der Waals surface area (Å²) in [6, 6.07) is 4.44. The second-order valence-corrected chi connectivity index (χ2v) is 4.88. The van der Waals surface area contributed by atoms with Crippen molar-refractivity contribution in [3.05, 3.63) is 35.7 Å². The van der Waals surface area contributed by atoms with E-state index in [4.69, 9.17) is 4.74 Å². The molecule has 0 bridgehead atoms. The van der Waals surface area contributed by atoms with Crippen molar-refractivity contribution in [2.75, 3.05) is 13.7 Å². The largest absolute Gasteiger partial charge is 0.494 e. The van der Waals surface area contributed by atoms with E-state index in [2.05, 4.69) is 5.32 Å². The average molecular weight is 295 g/mol. The zero-order chi connectivity index (χ0) is 15.9. The lowest BCUT2D eigenvalue weighted by Gasteiger charge is -2.24. The highest BCUT2D eigenvalue weighted by atomic mass is 19.1. The third-order valence-electron chi connectivity index (χ3n) is 3.51. The van der Waals surface area contributed by atoms with Gasteiger partial charge in [-0.1, -0.05) is 19.9 Å². The van der Waals surface area contributed by atoms with E-state index < -0.39 is 11.4 Å². The van der Waals surface area contributed by atoms with Crippen LogP contribution in [0.25, 0.3) is 6.08 Å². The summed E-state index contributed by atoms with van der Waals surface area (Å²) < 4.78 is 18.3. The minimum atomic E-state index is -0.879. The molecule has 0 aromatic heterocycles. The lowest BCUT2D eigenvalue weighted by molar-refractivity contribution is -0.117. The first-order chi connectivity index (χ1) is 9.94.